The molecule has 0 spiro atoms. The fourth-order valence-corrected chi connectivity index (χ4v) is 4.42. The van der Waals surface area contributed by atoms with Crippen LogP contribution in [0.4, 0.5) is 13.6 Å². The van der Waals surface area contributed by atoms with Crippen LogP contribution in [0.15, 0.2) is 48.5 Å². The average Bonchev–Trinajstić information content (AvgIpc) is 3.42. The number of hydrogen-bond acceptors (Lipinski definition) is 4. The van der Waals surface area contributed by atoms with E-state index < -0.39 is 42.3 Å². The monoisotopic (exact) mass is 471 g/mol. The van der Waals surface area contributed by atoms with Crippen LogP contribution in [-0.2, 0) is 14.3 Å². The summed E-state index contributed by atoms with van der Waals surface area (Å²) in [4.78, 5) is 38.6. The van der Waals surface area contributed by atoms with Crippen LogP contribution in [0, 0.1) is 5.82 Å². The first-order chi connectivity index (χ1) is 16.2. The van der Waals surface area contributed by atoms with Gasteiger partial charge in [-0.1, -0.05) is 56.3 Å². The van der Waals surface area contributed by atoms with Crippen molar-refractivity contribution in [3.63, 3.8) is 0 Å². The lowest BCUT2D eigenvalue weighted by atomic mass is 9.94. The van der Waals surface area contributed by atoms with Crippen molar-refractivity contribution in [1.82, 2.24) is 15.5 Å². The van der Waals surface area contributed by atoms with Crippen molar-refractivity contribution in [3.05, 3.63) is 71.0 Å². The van der Waals surface area contributed by atoms with Gasteiger partial charge in [-0.2, -0.15) is 0 Å². The molecular formula is C25H27F2N3O4. The Bertz CT molecular complexity index is 1080. The van der Waals surface area contributed by atoms with Gasteiger partial charge in [0, 0.05) is 6.42 Å². The van der Waals surface area contributed by atoms with Crippen LogP contribution in [-0.4, -0.2) is 54.2 Å². The van der Waals surface area contributed by atoms with Crippen molar-refractivity contribution < 1.29 is 27.9 Å². The molecule has 4 rings (SSSR count). The highest BCUT2D eigenvalue weighted by Crippen LogP contribution is 2.29. The van der Waals surface area contributed by atoms with Gasteiger partial charge in [-0.05, 0) is 28.7 Å². The number of carbonyl (C=O) groups is 3. The second-order valence-electron chi connectivity index (χ2n) is 8.90. The fraction of sp³-hybridized carbons (Fsp3) is 0.400. The second kappa shape index (κ2) is 9.79. The van der Waals surface area contributed by atoms with Gasteiger partial charge in [0.05, 0.1) is 19.1 Å². The summed E-state index contributed by atoms with van der Waals surface area (Å²) in [5, 5.41) is 5.27. The maximum atomic E-state index is 14.8. The Morgan fingerprint density at radius 1 is 1.15 bits per heavy atom. The van der Waals surface area contributed by atoms with Crippen LogP contribution in [0.2, 0.25) is 0 Å². The lowest BCUT2D eigenvalue weighted by Crippen LogP contribution is -2.50. The molecule has 7 nitrogen and oxygen atoms in total. The number of cyclic esters (lactones) is 1. The van der Waals surface area contributed by atoms with Gasteiger partial charge >= 0.3 is 6.09 Å². The molecule has 2 saturated heterocycles. The number of likely N-dealkylation sites (tertiary alicyclic amines) is 1. The number of benzene rings is 2. The first-order valence-corrected chi connectivity index (χ1v) is 11.3. The van der Waals surface area contributed by atoms with E-state index in [0.29, 0.717) is 16.7 Å². The molecule has 2 heterocycles. The summed E-state index contributed by atoms with van der Waals surface area (Å²) < 4.78 is 34.0. The van der Waals surface area contributed by atoms with Crippen LogP contribution in [0.5, 0.6) is 0 Å². The first-order valence-electron chi connectivity index (χ1n) is 11.3. The highest BCUT2D eigenvalue weighted by molar-refractivity contribution is 5.92. The molecule has 0 bridgehead atoms. The number of hydrogen-bond donors (Lipinski definition) is 2. The Kier molecular flexibility index (Phi) is 6.81. The summed E-state index contributed by atoms with van der Waals surface area (Å²) in [6.07, 6.45) is -3.39. The minimum atomic E-state index is -1.39. The number of ether oxygens (including phenoxy) is 1. The number of alkyl carbamates (subject to hydrolysis) is 1. The number of rotatable bonds is 6. The predicted molar refractivity (Wildman–Crippen MR) is 120 cm³/mol. The van der Waals surface area contributed by atoms with Crippen LogP contribution in [0.1, 0.15) is 48.9 Å². The largest absolute Gasteiger partial charge is 0.434 e. The van der Waals surface area contributed by atoms with E-state index in [0.717, 1.165) is 4.90 Å². The molecule has 0 aliphatic carbocycles. The predicted octanol–water partition coefficient (Wildman–Crippen LogP) is 3.20. The van der Waals surface area contributed by atoms with Crippen molar-refractivity contribution in [2.45, 2.75) is 50.5 Å². The smallest absolute Gasteiger partial charge is 0.408 e. The van der Waals surface area contributed by atoms with Gasteiger partial charge in [-0.25, -0.2) is 13.6 Å². The Morgan fingerprint density at radius 2 is 1.88 bits per heavy atom. The van der Waals surface area contributed by atoms with Gasteiger partial charge in [0.25, 0.3) is 5.91 Å². The standard InChI is InChI=1S/C25H27F2N3O4/c1-14(2)18-9-8-16(10-19(18)27)22(15-6-4-3-5-7-15)29-23(31)20-11-17(26)13-30(20)24(32)21-12-28-25(33)34-21/h3-10,14,17,20-22H,11-13H2,1-2H3,(H,28,33)(H,29,31)/t17-,20+,21+,22+/m1/s1. The lowest BCUT2D eigenvalue weighted by Gasteiger charge is -2.28. The zero-order valence-electron chi connectivity index (χ0n) is 19.0. The quantitative estimate of drug-likeness (QED) is 0.678. The Hall–Kier alpha value is -3.49. The summed E-state index contributed by atoms with van der Waals surface area (Å²) >= 11 is 0. The number of carbonyl (C=O) groups excluding carboxylic acids is 3. The molecule has 2 aromatic rings. The van der Waals surface area contributed by atoms with Crippen LogP contribution >= 0.6 is 0 Å². The molecule has 180 valence electrons. The molecule has 2 aliphatic heterocycles. The first kappa shape index (κ1) is 23.7. The zero-order valence-corrected chi connectivity index (χ0v) is 19.0. The zero-order chi connectivity index (χ0) is 24.4. The summed E-state index contributed by atoms with van der Waals surface area (Å²) in [5.74, 6) is -1.56. The van der Waals surface area contributed by atoms with E-state index in [1.54, 1.807) is 36.4 Å². The molecule has 4 atom stereocenters. The molecule has 2 aliphatic rings. The third-order valence-corrected chi connectivity index (χ3v) is 6.19. The second-order valence-corrected chi connectivity index (χ2v) is 8.90. The van der Waals surface area contributed by atoms with Gasteiger partial charge in [0.15, 0.2) is 6.10 Å². The molecule has 0 unspecified atom stereocenters. The van der Waals surface area contributed by atoms with E-state index in [2.05, 4.69) is 10.6 Å². The van der Waals surface area contributed by atoms with Gasteiger partial charge < -0.3 is 20.3 Å². The SMILES string of the molecule is CC(C)c1ccc([C@@H](NC(=O)[C@@H]2C[C@@H](F)CN2C(=O)[C@@H]2CNC(=O)O2)c2ccccc2)cc1F. The van der Waals surface area contributed by atoms with Crippen molar-refractivity contribution in [2.75, 3.05) is 13.1 Å². The summed E-state index contributed by atoms with van der Waals surface area (Å²) in [6, 6.07) is 12.1. The van der Waals surface area contributed by atoms with Gasteiger partial charge in [0.2, 0.25) is 5.91 Å². The number of nitrogens with one attached hydrogen (secondary N) is 2. The minimum Gasteiger partial charge on any atom is -0.434 e. The van der Waals surface area contributed by atoms with E-state index >= 15 is 0 Å². The molecule has 3 amide bonds. The summed E-state index contributed by atoms with van der Waals surface area (Å²) in [5.41, 5.74) is 1.81. The topological polar surface area (TPSA) is 87.7 Å². The molecule has 9 heteroatoms. The van der Waals surface area contributed by atoms with Crippen LogP contribution < -0.4 is 10.6 Å². The maximum Gasteiger partial charge on any atom is 0.408 e. The van der Waals surface area contributed by atoms with Gasteiger partial charge in [-0.15, -0.1) is 0 Å². The normalized spacial score (nSPS) is 22.9. The van der Waals surface area contributed by atoms with E-state index in [1.807, 2.05) is 19.9 Å². The van der Waals surface area contributed by atoms with E-state index in [9.17, 15) is 23.2 Å². The molecule has 2 N–H and O–H groups in total. The average molecular weight is 472 g/mol. The highest BCUT2D eigenvalue weighted by atomic mass is 19.1. The molecule has 0 aromatic heterocycles. The molecular weight excluding hydrogens is 444 g/mol. The Labute approximate surface area is 196 Å². The Balaban J connectivity index is 1.59. The lowest BCUT2D eigenvalue weighted by molar-refractivity contribution is -0.144. The van der Waals surface area contributed by atoms with Crippen LogP contribution in [0.3, 0.4) is 0 Å². The third-order valence-electron chi connectivity index (χ3n) is 6.19. The van der Waals surface area contributed by atoms with Crippen molar-refractivity contribution in [1.29, 1.82) is 0 Å². The summed E-state index contributed by atoms with van der Waals surface area (Å²) in [6.45, 7) is 3.49. The molecule has 2 fully saturated rings. The fourth-order valence-electron chi connectivity index (χ4n) is 4.42. The number of nitrogens with zero attached hydrogens (tertiary/aromatic N) is 1. The minimum absolute atomic E-state index is 0.00228. The number of amides is 3. The maximum absolute atomic E-state index is 14.8. The highest BCUT2D eigenvalue weighted by Gasteiger charge is 2.44. The van der Waals surface area contributed by atoms with Crippen molar-refractivity contribution in [2.24, 2.45) is 0 Å². The molecule has 2 aromatic carbocycles. The van der Waals surface area contributed by atoms with Gasteiger partial charge in [-0.3, -0.25) is 9.59 Å². The molecule has 0 saturated carbocycles. The third kappa shape index (κ3) is 4.88. The van der Waals surface area contributed by atoms with E-state index in [4.69, 9.17) is 4.74 Å². The van der Waals surface area contributed by atoms with E-state index in [-0.39, 0.29) is 31.2 Å². The molecule has 34 heavy (non-hydrogen) atoms. The number of alkyl halides is 1. The molecule has 0 radical (unpaired) electrons. The number of halogens is 2. The summed E-state index contributed by atoms with van der Waals surface area (Å²) in [7, 11) is 0. The van der Waals surface area contributed by atoms with E-state index in [1.165, 1.54) is 6.07 Å². The van der Waals surface area contributed by atoms with Crippen molar-refractivity contribution in [3.8, 4) is 0 Å². The Morgan fingerprint density at radius 3 is 2.50 bits per heavy atom. The van der Waals surface area contributed by atoms with Crippen molar-refractivity contribution >= 4 is 17.9 Å². The van der Waals surface area contributed by atoms with Gasteiger partial charge in [0.1, 0.15) is 18.0 Å². The van der Waals surface area contributed by atoms with Crippen LogP contribution in [0.25, 0.3) is 0 Å².